The summed E-state index contributed by atoms with van der Waals surface area (Å²) in [6, 6.07) is 7.81. The van der Waals surface area contributed by atoms with Gasteiger partial charge in [0, 0.05) is 38.4 Å². The van der Waals surface area contributed by atoms with Gasteiger partial charge in [0.15, 0.2) is 0 Å². The Morgan fingerprint density at radius 2 is 2.17 bits per heavy atom. The number of hydrogen-bond acceptors (Lipinski definition) is 2. The predicted molar refractivity (Wildman–Crippen MR) is 43.3 cm³/mol. The monoisotopic (exact) mass is 235 g/mol. The molecule has 2 rings (SSSR count). The van der Waals surface area contributed by atoms with Gasteiger partial charge in [-0.05, 0) is 18.1 Å². The Bertz CT molecular complexity index is 263. The number of benzene rings is 1. The molecule has 0 saturated carbocycles. The molecule has 1 atom stereocenters. The van der Waals surface area contributed by atoms with Gasteiger partial charge in [-0.1, -0.05) is 24.2 Å². The molecule has 1 unspecified atom stereocenters. The summed E-state index contributed by atoms with van der Waals surface area (Å²) < 4.78 is 0. The minimum atomic E-state index is -0.132. The van der Waals surface area contributed by atoms with Crippen LogP contribution in [0.4, 0.5) is 5.69 Å². The molecule has 0 fully saturated rings. The topological polar surface area (TPSA) is 29.1 Å². The minimum Gasteiger partial charge on any atom is -0.540 e. The van der Waals surface area contributed by atoms with Gasteiger partial charge in [-0.2, -0.15) is 0 Å². The van der Waals surface area contributed by atoms with Crippen molar-refractivity contribution in [3.05, 3.63) is 29.8 Å². The molecule has 1 heterocycles. The molecule has 3 heteroatoms. The van der Waals surface area contributed by atoms with Gasteiger partial charge >= 0.3 is 0 Å². The fourth-order valence-electron chi connectivity index (χ4n) is 1.37. The van der Waals surface area contributed by atoms with E-state index in [0.29, 0.717) is 0 Å². The zero-order valence-corrected chi connectivity index (χ0v) is 9.42. The molecule has 0 aliphatic carbocycles. The summed E-state index contributed by atoms with van der Waals surface area (Å²) in [5.74, 6) is 0. The van der Waals surface area contributed by atoms with Gasteiger partial charge < -0.3 is 10.1 Å². The quantitative estimate of drug-likeness (QED) is 0.739. The summed E-state index contributed by atoms with van der Waals surface area (Å²) in [7, 11) is 0. The van der Waals surface area contributed by atoms with E-state index in [9.17, 15) is 4.79 Å². The molecule has 1 radical (unpaired) electrons. The van der Waals surface area contributed by atoms with E-state index in [1.165, 1.54) is 5.56 Å². The van der Waals surface area contributed by atoms with Gasteiger partial charge in [0.25, 0.3) is 0 Å². The molecule has 0 bridgehead atoms. The van der Waals surface area contributed by atoms with Crippen molar-refractivity contribution in [1.82, 2.24) is 0 Å². The van der Waals surface area contributed by atoms with Gasteiger partial charge in [0.1, 0.15) is 0 Å². The van der Waals surface area contributed by atoms with Crippen LogP contribution in [0.3, 0.4) is 0 Å². The first kappa shape index (κ1) is 9.88. The number of nitrogens with one attached hydrogen (secondary N) is 1. The van der Waals surface area contributed by atoms with Crippen LogP contribution >= 0.6 is 0 Å². The summed E-state index contributed by atoms with van der Waals surface area (Å²) in [5, 5.41) is 3.06. The Labute approximate surface area is 96.6 Å². The van der Waals surface area contributed by atoms with Crippen molar-refractivity contribution in [2.75, 3.05) is 5.32 Å². The number of carbonyl (C=O) groups excluding carboxylic acids is 1. The number of fused-ring (bicyclic) bond motifs is 1. The maximum Gasteiger partial charge on any atom is 0.0352 e. The fourth-order valence-corrected chi connectivity index (χ4v) is 1.37. The minimum absolute atomic E-state index is 0. The first-order chi connectivity index (χ1) is 5.40. The van der Waals surface area contributed by atoms with E-state index in [1.54, 1.807) is 0 Å². The first-order valence-corrected chi connectivity index (χ1v) is 3.62. The molecule has 0 spiro atoms. The molecule has 0 saturated heterocycles. The second-order valence-electron chi connectivity index (χ2n) is 2.68. The van der Waals surface area contributed by atoms with Crippen molar-refractivity contribution in [1.29, 1.82) is 0 Å². The van der Waals surface area contributed by atoms with Crippen LogP contribution in [-0.2, 0) is 43.9 Å². The maximum atomic E-state index is 10.3. The van der Waals surface area contributed by atoms with Crippen LogP contribution in [-0.4, -0.2) is 12.3 Å². The molecule has 1 aromatic rings. The third kappa shape index (κ3) is 1.75. The Hall–Kier alpha value is -0.206. The van der Waals surface area contributed by atoms with Crippen LogP contribution in [0.5, 0.6) is 0 Å². The van der Waals surface area contributed by atoms with E-state index in [-0.39, 0.29) is 38.8 Å². The molecule has 59 valence electrons. The smallest absolute Gasteiger partial charge is 0.0352 e. The van der Waals surface area contributed by atoms with E-state index < -0.39 is 0 Å². The van der Waals surface area contributed by atoms with Crippen LogP contribution in [0.1, 0.15) is 5.56 Å². The molecule has 0 aromatic heterocycles. The van der Waals surface area contributed by atoms with Gasteiger partial charge in [0.2, 0.25) is 0 Å². The predicted octanol–water partition coefficient (Wildman–Crippen LogP) is 1.13. The molecule has 1 aliphatic rings. The van der Waals surface area contributed by atoms with Gasteiger partial charge in [0.05, 0.1) is 0 Å². The van der Waals surface area contributed by atoms with Gasteiger partial charge in [-0.15, -0.1) is 0 Å². The molecule has 2 nitrogen and oxygen atoms in total. The fraction of sp³-hybridized carbons (Fsp3) is 0.222. The van der Waals surface area contributed by atoms with Crippen molar-refractivity contribution in [3.63, 3.8) is 0 Å². The number of para-hydroxylation sites is 1. The van der Waals surface area contributed by atoms with E-state index in [4.69, 9.17) is 0 Å². The van der Waals surface area contributed by atoms with Crippen LogP contribution in [0.15, 0.2) is 24.3 Å². The third-order valence-electron chi connectivity index (χ3n) is 1.91. The van der Waals surface area contributed by atoms with Crippen molar-refractivity contribution in [3.8, 4) is 0 Å². The largest absolute Gasteiger partial charge is 0.540 e. The number of rotatable bonds is 1. The van der Waals surface area contributed by atoms with Crippen LogP contribution in [0.2, 0.25) is 0 Å². The SMILES string of the molecule is O=[C-]C1Cc2ccccc2N1.[Y]. The van der Waals surface area contributed by atoms with Crippen LogP contribution in [0, 0.1) is 0 Å². The van der Waals surface area contributed by atoms with E-state index in [0.717, 1.165) is 12.1 Å². The molecule has 1 aliphatic heterocycles. The zero-order valence-electron chi connectivity index (χ0n) is 6.58. The van der Waals surface area contributed by atoms with Gasteiger partial charge in [-0.3, -0.25) is 0 Å². The summed E-state index contributed by atoms with van der Waals surface area (Å²) in [6.45, 7) is 0. The molecule has 12 heavy (non-hydrogen) atoms. The summed E-state index contributed by atoms with van der Waals surface area (Å²) >= 11 is 0. The van der Waals surface area contributed by atoms with E-state index >= 15 is 0 Å². The average molecular weight is 235 g/mol. The molecule has 0 amide bonds. The number of hydrogen-bond donors (Lipinski definition) is 1. The Balaban J connectivity index is 0.000000720. The van der Waals surface area contributed by atoms with Crippen LogP contribution in [0.25, 0.3) is 0 Å². The average Bonchev–Trinajstić information content (AvgIpc) is 2.46. The summed E-state index contributed by atoms with van der Waals surface area (Å²) in [5.41, 5.74) is 2.28. The zero-order chi connectivity index (χ0) is 7.68. The van der Waals surface area contributed by atoms with Crippen molar-refractivity contribution >= 4 is 12.0 Å². The Kier molecular flexibility index (Phi) is 3.42. The third-order valence-corrected chi connectivity index (χ3v) is 1.91. The van der Waals surface area contributed by atoms with E-state index in [2.05, 4.69) is 5.32 Å². The maximum absolute atomic E-state index is 10.3. The number of anilines is 1. The van der Waals surface area contributed by atoms with Crippen LogP contribution < -0.4 is 5.32 Å². The normalized spacial score (nSPS) is 18.8. The summed E-state index contributed by atoms with van der Waals surface area (Å²) in [4.78, 5) is 10.3. The van der Waals surface area contributed by atoms with E-state index in [1.807, 2.05) is 30.6 Å². The van der Waals surface area contributed by atoms with Gasteiger partial charge in [-0.25, -0.2) is 6.29 Å². The Morgan fingerprint density at radius 1 is 1.42 bits per heavy atom. The molecular weight excluding hydrogens is 227 g/mol. The first-order valence-electron chi connectivity index (χ1n) is 3.62. The van der Waals surface area contributed by atoms with Crippen molar-refractivity contribution in [2.45, 2.75) is 12.5 Å². The second kappa shape index (κ2) is 4.15. The molecular formula is C9H8NOY-. The molecule has 1 N–H and O–H groups in total. The van der Waals surface area contributed by atoms with Crippen molar-refractivity contribution in [2.24, 2.45) is 0 Å². The summed E-state index contributed by atoms with van der Waals surface area (Å²) in [6.07, 6.45) is 2.73. The second-order valence-corrected chi connectivity index (χ2v) is 2.68. The molecule has 1 aromatic carbocycles. The Morgan fingerprint density at radius 3 is 2.83 bits per heavy atom. The standard InChI is InChI=1S/C9H8NO.Y/c11-6-8-5-7-3-1-2-4-9(7)10-8;/h1-4,8,10H,5H2;/q-1;. The van der Waals surface area contributed by atoms with Crippen molar-refractivity contribution < 1.29 is 37.5 Å².